The van der Waals surface area contributed by atoms with Gasteiger partial charge in [-0.25, -0.2) is 0 Å². The molecule has 7 heteroatoms. The van der Waals surface area contributed by atoms with E-state index in [2.05, 4.69) is 20.8 Å². The van der Waals surface area contributed by atoms with Gasteiger partial charge in [0, 0.05) is 6.54 Å². The minimum absolute atomic E-state index is 0.105. The first-order chi connectivity index (χ1) is 9.66. The number of hydrogen-bond acceptors (Lipinski definition) is 4. The smallest absolute Gasteiger partial charge is 0.272 e. The number of nitrogens with one attached hydrogen (secondary N) is 4. The number of fused-ring (bicyclic) bond motifs is 1. The number of rotatable bonds is 2. The van der Waals surface area contributed by atoms with Crippen LogP contribution in [0.25, 0.3) is 10.8 Å². The van der Waals surface area contributed by atoms with Gasteiger partial charge in [0.15, 0.2) is 0 Å². The van der Waals surface area contributed by atoms with Crippen molar-refractivity contribution in [1.29, 1.82) is 0 Å². The van der Waals surface area contributed by atoms with Crippen LogP contribution >= 0.6 is 0 Å². The maximum Gasteiger partial charge on any atom is 0.272 e. The Kier molecular flexibility index (Phi) is 3.11. The number of benzene rings is 1. The van der Waals surface area contributed by atoms with Crippen LogP contribution in [0.2, 0.25) is 0 Å². The van der Waals surface area contributed by atoms with Crippen LogP contribution in [0.1, 0.15) is 6.42 Å². The quantitative estimate of drug-likeness (QED) is 0.606. The highest BCUT2D eigenvalue weighted by atomic mass is 16.2. The fourth-order valence-electron chi connectivity index (χ4n) is 2.45. The summed E-state index contributed by atoms with van der Waals surface area (Å²) in [6, 6.07) is 4.81. The lowest BCUT2D eigenvalue weighted by atomic mass is 10.1. The number of carbonyl (C=O) groups excluding carboxylic acids is 1. The van der Waals surface area contributed by atoms with E-state index in [0.29, 0.717) is 12.2 Å². The molecule has 1 saturated heterocycles. The van der Waals surface area contributed by atoms with E-state index >= 15 is 0 Å². The van der Waals surface area contributed by atoms with Crippen molar-refractivity contribution in [3.63, 3.8) is 0 Å². The summed E-state index contributed by atoms with van der Waals surface area (Å²) in [6.45, 7) is 1.45. The van der Waals surface area contributed by atoms with E-state index in [0.717, 1.165) is 13.0 Å². The molecular formula is C13H14N4O3. The maximum atomic E-state index is 12.1. The van der Waals surface area contributed by atoms with Crippen LogP contribution in [0.15, 0.2) is 27.8 Å². The third-order valence-electron chi connectivity index (χ3n) is 3.51. The fraction of sp³-hybridized carbons (Fsp3) is 0.308. The van der Waals surface area contributed by atoms with Crippen LogP contribution in [0.3, 0.4) is 0 Å². The van der Waals surface area contributed by atoms with Gasteiger partial charge < -0.3 is 10.6 Å². The molecule has 1 aliphatic rings. The molecule has 2 heterocycles. The van der Waals surface area contributed by atoms with E-state index < -0.39 is 11.1 Å². The van der Waals surface area contributed by atoms with Gasteiger partial charge in [0.25, 0.3) is 11.1 Å². The largest absolute Gasteiger partial charge is 0.325 e. The fourth-order valence-corrected chi connectivity index (χ4v) is 2.45. The molecule has 0 saturated carbocycles. The van der Waals surface area contributed by atoms with E-state index in [4.69, 9.17) is 0 Å². The molecule has 0 radical (unpaired) electrons. The predicted molar refractivity (Wildman–Crippen MR) is 74.8 cm³/mol. The standard InChI is InChI=1S/C13H14N4O3/c18-11(7-4-5-14-6-7)15-9-3-1-2-8-10(9)13(20)17-16-12(8)19/h1-3,7,14H,4-6H2,(H,15,18)(H,16,19)(H,17,20). The van der Waals surface area contributed by atoms with Crippen LogP contribution in [0.5, 0.6) is 0 Å². The molecule has 4 N–H and O–H groups in total. The van der Waals surface area contributed by atoms with E-state index in [1.54, 1.807) is 18.2 Å². The molecule has 1 aromatic carbocycles. The van der Waals surface area contributed by atoms with Crippen molar-refractivity contribution < 1.29 is 4.79 Å². The number of H-pyrrole nitrogens is 2. The minimum atomic E-state index is -0.431. The normalized spacial score (nSPS) is 18.3. The van der Waals surface area contributed by atoms with Gasteiger partial charge in [-0.05, 0) is 25.1 Å². The second-order valence-electron chi connectivity index (χ2n) is 4.82. The van der Waals surface area contributed by atoms with Crippen molar-refractivity contribution >= 4 is 22.4 Å². The zero-order valence-electron chi connectivity index (χ0n) is 10.7. The summed E-state index contributed by atoms with van der Waals surface area (Å²) in [7, 11) is 0. The van der Waals surface area contributed by atoms with Gasteiger partial charge in [0.2, 0.25) is 5.91 Å². The van der Waals surface area contributed by atoms with Crippen LogP contribution in [0.4, 0.5) is 5.69 Å². The van der Waals surface area contributed by atoms with Crippen LogP contribution in [0, 0.1) is 5.92 Å². The molecule has 7 nitrogen and oxygen atoms in total. The van der Waals surface area contributed by atoms with Gasteiger partial charge in [-0.1, -0.05) is 6.07 Å². The van der Waals surface area contributed by atoms with E-state index in [1.807, 2.05) is 0 Å². The number of hydrogen-bond donors (Lipinski definition) is 4. The lowest BCUT2D eigenvalue weighted by Gasteiger charge is -2.11. The zero-order valence-corrected chi connectivity index (χ0v) is 10.7. The monoisotopic (exact) mass is 274 g/mol. The number of amides is 1. The molecule has 3 rings (SSSR count). The van der Waals surface area contributed by atoms with Gasteiger partial charge in [-0.3, -0.25) is 24.6 Å². The average Bonchev–Trinajstić information content (AvgIpc) is 2.97. The van der Waals surface area contributed by atoms with E-state index in [-0.39, 0.29) is 22.6 Å². The molecule has 1 aliphatic heterocycles. The molecular weight excluding hydrogens is 260 g/mol. The van der Waals surface area contributed by atoms with Crippen molar-refractivity contribution in [2.24, 2.45) is 5.92 Å². The Morgan fingerprint density at radius 3 is 2.75 bits per heavy atom. The Bertz CT molecular complexity index is 771. The van der Waals surface area contributed by atoms with Crippen molar-refractivity contribution in [3.8, 4) is 0 Å². The first kappa shape index (κ1) is 12.6. The van der Waals surface area contributed by atoms with Crippen LogP contribution < -0.4 is 21.8 Å². The molecule has 20 heavy (non-hydrogen) atoms. The van der Waals surface area contributed by atoms with Gasteiger partial charge in [0.05, 0.1) is 22.4 Å². The number of aromatic amines is 2. The summed E-state index contributed by atoms with van der Waals surface area (Å²) in [6.07, 6.45) is 0.771. The average molecular weight is 274 g/mol. The Morgan fingerprint density at radius 1 is 1.20 bits per heavy atom. The number of carbonyl (C=O) groups is 1. The van der Waals surface area contributed by atoms with Crippen molar-refractivity contribution in [3.05, 3.63) is 38.9 Å². The molecule has 1 atom stereocenters. The minimum Gasteiger partial charge on any atom is -0.325 e. The second kappa shape index (κ2) is 4.93. The first-order valence-corrected chi connectivity index (χ1v) is 6.42. The Morgan fingerprint density at radius 2 is 2.00 bits per heavy atom. The van der Waals surface area contributed by atoms with E-state index in [9.17, 15) is 14.4 Å². The Hall–Kier alpha value is -2.41. The molecule has 1 unspecified atom stereocenters. The summed E-state index contributed by atoms with van der Waals surface area (Å²) in [4.78, 5) is 35.6. The Balaban J connectivity index is 2.03. The molecule has 0 bridgehead atoms. The first-order valence-electron chi connectivity index (χ1n) is 6.42. The van der Waals surface area contributed by atoms with Crippen LogP contribution in [-0.2, 0) is 4.79 Å². The second-order valence-corrected chi connectivity index (χ2v) is 4.82. The highest BCUT2D eigenvalue weighted by molar-refractivity contribution is 6.02. The highest BCUT2D eigenvalue weighted by Crippen LogP contribution is 2.18. The van der Waals surface area contributed by atoms with Crippen molar-refractivity contribution in [2.45, 2.75) is 6.42 Å². The molecule has 0 spiro atoms. The number of aromatic nitrogens is 2. The Labute approximate surface area is 113 Å². The van der Waals surface area contributed by atoms with Gasteiger partial charge in [-0.15, -0.1) is 0 Å². The SMILES string of the molecule is O=C(Nc1cccc2c(=O)[nH][nH]c(=O)c12)C1CCNC1. The number of anilines is 1. The van der Waals surface area contributed by atoms with E-state index in [1.165, 1.54) is 0 Å². The molecule has 1 fully saturated rings. The summed E-state index contributed by atoms with van der Waals surface area (Å²) < 4.78 is 0. The lowest BCUT2D eigenvalue weighted by Crippen LogP contribution is -2.26. The molecule has 0 aliphatic carbocycles. The van der Waals surface area contributed by atoms with Gasteiger partial charge >= 0.3 is 0 Å². The van der Waals surface area contributed by atoms with Gasteiger partial charge in [-0.2, -0.15) is 0 Å². The van der Waals surface area contributed by atoms with Crippen molar-refractivity contribution in [2.75, 3.05) is 18.4 Å². The maximum absolute atomic E-state index is 12.1. The predicted octanol–water partition coefficient (Wildman–Crippen LogP) is -0.236. The highest BCUT2D eigenvalue weighted by Gasteiger charge is 2.23. The molecule has 104 valence electrons. The van der Waals surface area contributed by atoms with Crippen LogP contribution in [-0.4, -0.2) is 29.2 Å². The molecule has 1 amide bonds. The summed E-state index contributed by atoms with van der Waals surface area (Å²) >= 11 is 0. The third-order valence-corrected chi connectivity index (χ3v) is 3.51. The topological polar surface area (TPSA) is 107 Å². The van der Waals surface area contributed by atoms with Gasteiger partial charge in [0.1, 0.15) is 0 Å². The third kappa shape index (κ3) is 2.12. The summed E-state index contributed by atoms with van der Waals surface area (Å²) in [5.41, 5.74) is -0.454. The summed E-state index contributed by atoms with van der Waals surface area (Å²) in [5, 5.41) is 10.9. The zero-order chi connectivity index (χ0) is 14.1. The molecule has 2 aromatic rings. The molecule has 1 aromatic heterocycles. The lowest BCUT2D eigenvalue weighted by molar-refractivity contribution is -0.119. The van der Waals surface area contributed by atoms with Crippen molar-refractivity contribution in [1.82, 2.24) is 15.5 Å². The summed E-state index contributed by atoms with van der Waals surface area (Å²) in [5.74, 6) is -0.242.